The lowest BCUT2D eigenvalue weighted by Gasteiger charge is -2.61. The maximum absolute atomic E-state index is 16.8. The van der Waals surface area contributed by atoms with Crippen LogP contribution < -0.4 is 0 Å². The third-order valence-electron chi connectivity index (χ3n) is 8.25. The van der Waals surface area contributed by atoms with Gasteiger partial charge in [-0.25, -0.2) is 4.39 Å². The Kier molecular flexibility index (Phi) is 3.93. The van der Waals surface area contributed by atoms with Crippen LogP contribution in [0, 0.1) is 34.5 Å². The predicted octanol–water partition coefficient (Wildman–Crippen LogP) is 3.68. The summed E-state index contributed by atoms with van der Waals surface area (Å²) in [4.78, 5) is 24.0. The average Bonchev–Trinajstić information content (AvgIpc) is 2.80. The molecule has 0 aromatic carbocycles. The summed E-state index contributed by atoms with van der Waals surface area (Å²) in [6, 6.07) is 0. The van der Waals surface area contributed by atoms with Crippen LogP contribution in [0.4, 0.5) is 4.39 Å². The van der Waals surface area contributed by atoms with Crippen molar-refractivity contribution in [3.05, 3.63) is 23.8 Å². The number of thiol groups is 1. The SMILES string of the molecule is C[C@@H]1CC2C3CCC4=CC(=O)C=C[C@]4(C)[C@]3(F)[C@@H](O)C[C@]2(C)[C@H]1C(=O)S. The van der Waals surface area contributed by atoms with Gasteiger partial charge in [0.15, 0.2) is 16.6 Å². The smallest absolute Gasteiger partial charge is 0.189 e. The standard InChI is InChI=1S/C21H27FO3S/c1-11-8-15-14-5-4-12-9-13(23)6-7-20(12,3)21(14,22)16(24)10-19(15,2)17(11)18(25)26/h6-7,9,11,14-17,24H,4-5,8,10H2,1-3H3,(H,25,26)/t11-,14?,15?,16+,17-,19+,20+,21-/m1/s1. The van der Waals surface area contributed by atoms with Crippen LogP contribution in [-0.2, 0) is 9.59 Å². The summed E-state index contributed by atoms with van der Waals surface area (Å²) < 4.78 is 16.8. The van der Waals surface area contributed by atoms with Crippen molar-refractivity contribution in [1.82, 2.24) is 0 Å². The van der Waals surface area contributed by atoms with E-state index in [4.69, 9.17) is 0 Å². The number of rotatable bonds is 1. The van der Waals surface area contributed by atoms with Crippen LogP contribution in [0.1, 0.15) is 46.5 Å². The Hall–Kier alpha value is -0.940. The Morgan fingerprint density at radius 1 is 1.35 bits per heavy atom. The molecule has 5 heteroatoms. The molecule has 26 heavy (non-hydrogen) atoms. The van der Waals surface area contributed by atoms with Crippen LogP contribution in [0.25, 0.3) is 0 Å². The molecule has 0 radical (unpaired) electrons. The number of allylic oxidation sites excluding steroid dienone is 4. The lowest BCUT2D eigenvalue weighted by atomic mass is 9.45. The minimum absolute atomic E-state index is 0.0383. The van der Waals surface area contributed by atoms with E-state index in [1.165, 1.54) is 6.08 Å². The minimum atomic E-state index is -1.81. The molecular formula is C21H27FO3S. The zero-order chi connectivity index (χ0) is 19.1. The van der Waals surface area contributed by atoms with Gasteiger partial charge in [0.1, 0.15) is 0 Å². The number of aliphatic hydroxyl groups is 1. The number of carbonyl (C=O) groups is 2. The van der Waals surface area contributed by atoms with Gasteiger partial charge in [0.2, 0.25) is 0 Å². The van der Waals surface area contributed by atoms with Crippen molar-refractivity contribution in [2.24, 2.45) is 34.5 Å². The third-order valence-corrected chi connectivity index (χ3v) is 8.53. The molecule has 0 heterocycles. The zero-order valence-electron chi connectivity index (χ0n) is 15.5. The molecule has 0 aliphatic heterocycles. The van der Waals surface area contributed by atoms with Gasteiger partial charge in [0.05, 0.1) is 6.10 Å². The van der Waals surface area contributed by atoms with E-state index >= 15 is 4.39 Å². The lowest BCUT2D eigenvalue weighted by molar-refractivity contribution is -0.194. The second-order valence-electron chi connectivity index (χ2n) is 9.38. The largest absolute Gasteiger partial charge is 0.390 e. The summed E-state index contributed by atoms with van der Waals surface area (Å²) in [6.07, 6.45) is 5.81. The zero-order valence-corrected chi connectivity index (χ0v) is 16.4. The van der Waals surface area contributed by atoms with E-state index in [2.05, 4.69) is 12.6 Å². The molecule has 142 valence electrons. The molecule has 3 saturated carbocycles. The van der Waals surface area contributed by atoms with Crippen molar-refractivity contribution in [2.45, 2.75) is 58.2 Å². The molecule has 0 amide bonds. The fourth-order valence-corrected chi connectivity index (χ4v) is 7.65. The van der Waals surface area contributed by atoms with Crippen molar-refractivity contribution in [3.63, 3.8) is 0 Å². The normalized spacial score (nSPS) is 52.8. The fourth-order valence-electron chi connectivity index (χ4n) is 7.10. The lowest BCUT2D eigenvalue weighted by Crippen LogP contribution is -2.66. The molecule has 3 nitrogen and oxygen atoms in total. The molecule has 0 spiro atoms. The van der Waals surface area contributed by atoms with Crippen LogP contribution in [0.5, 0.6) is 0 Å². The number of carbonyl (C=O) groups excluding carboxylic acids is 2. The number of halogens is 1. The predicted molar refractivity (Wildman–Crippen MR) is 100 cm³/mol. The van der Waals surface area contributed by atoms with Gasteiger partial charge in [-0.3, -0.25) is 9.59 Å². The first-order valence-corrected chi connectivity index (χ1v) is 10.0. The maximum atomic E-state index is 16.8. The van der Waals surface area contributed by atoms with Gasteiger partial charge in [-0.05, 0) is 62.0 Å². The highest BCUT2D eigenvalue weighted by Crippen LogP contribution is 2.69. The number of hydrogen-bond donors (Lipinski definition) is 2. The topological polar surface area (TPSA) is 54.4 Å². The maximum Gasteiger partial charge on any atom is 0.189 e. The molecule has 0 aromatic heterocycles. The van der Waals surface area contributed by atoms with Crippen molar-refractivity contribution < 1.29 is 19.1 Å². The molecule has 1 N–H and O–H groups in total. The van der Waals surface area contributed by atoms with E-state index in [1.54, 1.807) is 12.2 Å². The van der Waals surface area contributed by atoms with Crippen LogP contribution in [0.3, 0.4) is 0 Å². The second kappa shape index (κ2) is 5.54. The van der Waals surface area contributed by atoms with E-state index < -0.39 is 22.6 Å². The molecule has 3 fully saturated rings. The fraction of sp³-hybridized carbons (Fsp3) is 0.714. The highest BCUT2D eigenvalue weighted by molar-refractivity contribution is 7.96. The summed E-state index contributed by atoms with van der Waals surface area (Å²) in [6.45, 7) is 5.90. The first-order valence-electron chi connectivity index (χ1n) is 9.59. The van der Waals surface area contributed by atoms with E-state index in [-0.39, 0.29) is 41.0 Å². The molecule has 0 saturated heterocycles. The Bertz CT molecular complexity index is 746. The van der Waals surface area contributed by atoms with Gasteiger partial charge < -0.3 is 5.11 Å². The highest BCUT2D eigenvalue weighted by Gasteiger charge is 2.71. The third kappa shape index (κ3) is 2.05. The van der Waals surface area contributed by atoms with Crippen molar-refractivity contribution in [1.29, 1.82) is 0 Å². The first-order chi connectivity index (χ1) is 12.1. The Morgan fingerprint density at radius 3 is 2.69 bits per heavy atom. The summed E-state index contributed by atoms with van der Waals surface area (Å²) in [5, 5.41) is 10.9. The molecular weight excluding hydrogens is 351 g/mol. The minimum Gasteiger partial charge on any atom is -0.390 e. The second-order valence-corrected chi connectivity index (χ2v) is 9.82. The van der Waals surface area contributed by atoms with Gasteiger partial charge in [-0.2, -0.15) is 0 Å². The highest BCUT2D eigenvalue weighted by atomic mass is 32.1. The quantitative estimate of drug-likeness (QED) is 0.685. The van der Waals surface area contributed by atoms with Crippen molar-refractivity contribution in [3.8, 4) is 0 Å². The van der Waals surface area contributed by atoms with E-state index in [0.717, 1.165) is 12.0 Å². The average molecular weight is 379 g/mol. The molecule has 8 atom stereocenters. The van der Waals surface area contributed by atoms with E-state index in [9.17, 15) is 14.7 Å². The van der Waals surface area contributed by atoms with Gasteiger partial charge in [0, 0.05) is 17.3 Å². The van der Waals surface area contributed by atoms with Gasteiger partial charge in [0.25, 0.3) is 0 Å². The Balaban J connectivity index is 1.82. The van der Waals surface area contributed by atoms with Crippen molar-refractivity contribution in [2.75, 3.05) is 0 Å². The number of aliphatic hydroxyl groups excluding tert-OH is 1. The summed E-state index contributed by atoms with van der Waals surface area (Å²) >= 11 is 4.12. The van der Waals surface area contributed by atoms with Crippen molar-refractivity contribution >= 4 is 23.5 Å². The molecule has 0 bridgehead atoms. The van der Waals surface area contributed by atoms with Crippen LogP contribution in [-0.4, -0.2) is 27.8 Å². The van der Waals surface area contributed by atoms with Crippen LogP contribution >= 0.6 is 12.6 Å². The van der Waals surface area contributed by atoms with Crippen LogP contribution in [0.15, 0.2) is 23.8 Å². The molecule has 4 rings (SSSR count). The Morgan fingerprint density at radius 2 is 2.04 bits per heavy atom. The number of alkyl halides is 1. The number of hydrogen-bond acceptors (Lipinski definition) is 3. The molecule has 2 unspecified atom stereocenters. The number of ketones is 1. The van der Waals surface area contributed by atoms with E-state index in [1.807, 2.05) is 20.8 Å². The Labute approximate surface area is 159 Å². The first kappa shape index (κ1) is 18.4. The molecule has 4 aliphatic rings. The number of fused-ring (bicyclic) bond motifs is 5. The van der Waals surface area contributed by atoms with Gasteiger partial charge in [-0.15, -0.1) is 12.6 Å². The summed E-state index contributed by atoms with van der Waals surface area (Å²) in [5.41, 5.74) is -2.41. The van der Waals surface area contributed by atoms with E-state index in [0.29, 0.717) is 12.8 Å². The van der Waals surface area contributed by atoms with Crippen LogP contribution in [0.2, 0.25) is 0 Å². The molecule has 0 aromatic rings. The van der Waals surface area contributed by atoms with Gasteiger partial charge >= 0.3 is 0 Å². The molecule has 4 aliphatic carbocycles. The van der Waals surface area contributed by atoms with Gasteiger partial charge in [-0.1, -0.05) is 25.5 Å². The summed E-state index contributed by atoms with van der Waals surface area (Å²) in [5.74, 6) is -0.501. The monoisotopic (exact) mass is 378 g/mol. The summed E-state index contributed by atoms with van der Waals surface area (Å²) in [7, 11) is 0.